The average Bonchev–Trinajstić information content (AvgIpc) is 2.67. The van der Waals surface area contributed by atoms with Crippen LogP contribution in [0.3, 0.4) is 0 Å². The molecule has 0 amide bonds. The molecule has 0 aromatic heterocycles. The molecule has 156 valence electrons. The van der Waals surface area contributed by atoms with Crippen molar-refractivity contribution in [3.05, 3.63) is 53.1 Å². The number of phenolic OH excluding ortho intramolecular Hbond substituents is 1. The van der Waals surface area contributed by atoms with Crippen molar-refractivity contribution in [2.75, 3.05) is 6.61 Å². The largest absolute Gasteiger partial charge is 0.508 e. The molecule has 9 heteroatoms. The molecule has 0 bridgehead atoms. The first-order chi connectivity index (χ1) is 13.8. The minimum absolute atomic E-state index is 0.0424. The number of carboxylic acids is 1. The second kappa shape index (κ2) is 8.66. The van der Waals surface area contributed by atoms with Gasteiger partial charge < -0.3 is 40.1 Å². The van der Waals surface area contributed by atoms with Crippen molar-refractivity contribution in [2.24, 2.45) is 0 Å². The zero-order chi connectivity index (χ0) is 21.1. The van der Waals surface area contributed by atoms with Gasteiger partial charge in [0.15, 0.2) is 0 Å². The third-order valence-corrected chi connectivity index (χ3v) is 4.71. The van der Waals surface area contributed by atoms with Gasteiger partial charge in [0.25, 0.3) is 0 Å². The number of phenols is 2. The molecule has 2 aromatic rings. The van der Waals surface area contributed by atoms with Crippen LogP contribution in [0.25, 0.3) is 0 Å². The summed E-state index contributed by atoms with van der Waals surface area (Å²) in [4.78, 5) is 11.6. The molecule has 2 aromatic carbocycles. The molecule has 4 atom stereocenters. The molecule has 1 heterocycles. The van der Waals surface area contributed by atoms with Gasteiger partial charge in [-0.15, -0.1) is 0 Å². The van der Waals surface area contributed by atoms with E-state index in [1.807, 2.05) is 0 Å². The van der Waals surface area contributed by atoms with Crippen LogP contribution in [-0.4, -0.2) is 67.8 Å². The Labute approximate surface area is 166 Å². The van der Waals surface area contributed by atoms with E-state index in [0.29, 0.717) is 12.0 Å². The molecule has 6 N–H and O–H groups in total. The van der Waals surface area contributed by atoms with Crippen molar-refractivity contribution >= 4 is 5.97 Å². The highest BCUT2D eigenvalue weighted by molar-refractivity contribution is 5.93. The molecule has 29 heavy (non-hydrogen) atoms. The predicted molar refractivity (Wildman–Crippen MR) is 99.0 cm³/mol. The van der Waals surface area contributed by atoms with Crippen LogP contribution in [0.2, 0.25) is 0 Å². The number of aromatic carboxylic acids is 1. The maximum absolute atomic E-state index is 11.6. The van der Waals surface area contributed by atoms with Gasteiger partial charge in [-0.1, -0.05) is 12.1 Å². The molecule has 9 nitrogen and oxygen atoms in total. The Morgan fingerprint density at radius 1 is 1.03 bits per heavy atom. The molecule has 3 rings (SSSR count). The first kappa shape index (κ1) is 20.9. The van der Waals surface area contributed by atoms with Crippen molar-refractivity contribution in [1.82, 2.24) is 0 Å². The zero-order valence-corrected chi connectivity index (χ0v) is 15.3. The molecule has 0 saturated carbocycles. The van der Waals surface area contributed by atoms with E-state index in [2.05, 4.69) is 0 Å². The van der Waals surface area contributed by atoms with E-state index in [4.69, 9.17) is 9.47 Å². The smallest absolute Gasteiger partial charge is 0.339 e. The third-order valence-electron chi connectivity index (χ3n) is 4.71. The minimum atomic E-state index is -1.53. The molecule has 0 aliphatic carbocycles. The van der Waals surface area contributed by atoms with Gasteiger partial charge in [-0.3, -0.25) is 0 Å². The van der Waals surface area contributed by atoms with Crippen LogP contribution < -0.4 is 4.74 Å². The van der Waals surface area contributed by atoms with Crippen LogP contribution in [0, 0.1) is 0 Å². The van der Waals surface area contributed by atoms with Crippen LogP contribution >= 0.6 is 0 Å². The maximum atomic E-state index is 11.6. The number of rotatable bonds is 6. The first-order valence-corrected chi connectivity index (χ1v) is 8.96. The summed E-state index contributed by atoms with van der Waals surface area (Å²) >= 11 is 0. The minimum Gasteiger partial charge on any atom is -0.508 e. The van der Waals surface area contributed by atoms with E-state index in [9.17, 15) is 35.4 Å². The predicted octanol–water partition coefficient (Wildman–Crippen LogP) is 0.399. The molecule has 1 fully saturated rings. The number of aliphatic hydroxyl groups excluding tert-OH is 3. The van der Waals surface area contributed by atoms with E-state index < -0.39 is 36.3 Å². The second-order valence-corrected chi connectivity index (χ2v) is 6.82. The Hall–Kier alpha value is -2.85. The number of hydrogen-bond acceptors (Lipinski definition) is 8. The lowest BCUT2D eigenvalue weighted by molar-refractivity contribution is -0.242. The van der Waals surface area contributed by atoms with Crippen molar-refractivity contribution in [3.63, 3.8) is 0 Å². The summed E-state index contributed by atoms with van der Waals surface area (Å²) in [7, 11) is 0. The third kappa shape index (κ3) is 4.77. The number of aromatic hydroxyl groups is 2. The van der Waals surface area contributed by atoms with Crippen LogP contribution in [0.15, 0.2) is 36.4 Å². The summed E-state index contributed by atoms with van der Waals surface area (Å²) in [6.45, 7) is -0.254. The molecule has 0 unspecified atom stereocenters. The SMILES string of the molecule is O=C(O)c1c(O)cc(O[C@@H]2OC[C@@H](O)[C@H](O)[C@H]2O)cc1CCc1ccc(O)cc1. The zero-order valence-electron chi connectivity index (χ0n) is 15.3. The lowest BCUT2D eigenvalue weighted by atomic mass is 9.98. The van der Waals surface area contributed by atoms with Gasteiger partial charge in [0.1, 0.15) is 41.1 Å². The Bertz CT molecular complexity index is 865. The summed E-state index contributed by atoms with van der Waals surface area (Å²) < 4.78 is 10.7. The van der Waals surface area contributed by atoms with Crippen molar-refractivity contribution in [3.8, 4) is 17.2 Å². The Morgan fingerprint density at radius 3 is 2.38 bits per heavy atom. The van der Waals surface area contributed by atoms with Crippen LogP contribution in [0.1, 0.15) is 21.5 Å². The molecule has 1 aliphatic heterocycles. The highest BCUT2D eigenvalue weighted by atomic mass is 16.7. The normalized spacial score (nSPS) is 24.2. The Kier molecular flexibility index (Phi) is 6.23. The molecule has 0 radical (unpaired) electrons. The fraction of sp³-hybridized carbons (Fsp3) is 0.350. The van der Waals surface area contributed by atoms with Gasteiger partial charge in [-0.05, 0) is 42.2 Å². The monoisotopic (exact) mass is 406 g/mol. The van der Waals surface area contributed by atoms with E-state index in [1.165, 1.54) is 18.2 Å². The van der Waals surface area contributed by atoms with Gasteiger partial charge >= 0.3 is 5.97 Å². The van der Waals surface area contributed by atoms with E-state index in [-0.39, 0.29) is 30.1 Å². The number of carboxylic acid groups (broad SMARTS) is 1. The molecule has 1 saturated heterocycles. The highest BCUT2D eigenvalue weighted by Gasteiger charge is 2.39. The Morgan fingerprint density at radius 2 is 1.72 bits per heavy atom. The summed E-state index contributed by atoms with van der Waals surface area (Å²) in [6.07, 6.45) is -4.85. The maximum Gasteiger partial charge on any atom is 0.339 e. The summed E-state index contributed by atoms with van der Waals surface area (Å²) in [6, 6.07) is 8.94. The number of aliphatic hydroxyl groups is 3. The summed E-state index contributed by atoms with van der Waals surface area (Å²) in [5.74, 6) is -1.66. The van der Waals surface area contributed by atoms with Gasteiger partial charge in [0.05, 0.1) is 6.61 Å². The number of hydrogen-bond donors (Lipinski definition) is 6. The van der Waals surface area contributed by atoms with Crippen molar-refractivity contribution in [2.45, 2.75) is 37.4 Å². The van der Waals surface area contributed by atoms with Crippen molar-refractivity contribution < 1.29 is 44.9 Å². The quantitative estimate of drug-likeness (QED) is 0.399. The standard InChI is InChI=1S/C20H22O9/c21-12-5-2-10(3-6-12)1-4-11-7-13(8-14(22)16(11)19(26)27)29-20-18(25)17(24)15(23)9-28-20/h2-3,5-8,15,17-18,20-25H,1,4,9H2,(H,26,27)/t15-,17+,18-,20+/m1/s1. The lowest BCUT2D eigenvalue weighted by Gasteiger charge is -2.35. The van der Waals surface area contributed by atoms with Crippen LogP contribution in [-0.2, 0) is 17.6 Å². The molecular formula is C20H22O9. The topological polar surface area (TPSA) is 157 Å². The first-order valence-electron chi connectivity index (χ1n) is 8.96. The summed E-state index contributed by atoms with van der Waals surface area (Å²) in [5, 5.41) is 58.2. The fourth-order valence-corrected chi connectivity index (χ4v) is 3.13. The molecule has 0 spiro atoms. The number of benzene rings is 2. The van der Waals surface area contributed by atoms with E-state index in [1.54, 1.807) is 12.1 Å². The van der Waals surface area contributed by atoms with E-state index >= 15 is 0 Å². The number of aryl methyl sites for hydroxylation is 2. The fourth-order valence-electron chi connectivity index (χ4n) is 3.13. The van der Waals surface area contributed by atoms with Crippen LogP contribution in [0.5, 0.6) is 17.2 Å². The highest BCUT2D eigenvalue weighted by Crippen LogP contribution is 2.31. The van der Waals surface area contributed by atoms with Gasteiger partial charge in [-0.25, -0.2) is 4.79 Å². The average molecular weight is 406 g/mol. The summed E-state index contributed by atoms with van der Waals surface area (Å²) in [5.41, 5.74) is 0.885. The number of ether oxygens (including phenoxy) is 2. The van der Waals surface area contributed by atoms with Gasteiger partial charge in [0, 0.05) is 6.07 Å². The van der Waals surface area contributed by atoms with E-state index in [0.717, 1.165) is 11.6 Å². The molecular weight excluding hydrogens is 384 g/mol. The van der Waals surface area contributed by atoms with Gasteiger partial charge in [-0.2, -0.15) is 0 Å². The van der Waals surface area contributed by atoms with Crippen molar-refractivity contribution in [1.29, 1.82) is 0 Å². The lowest BCUT2D eigenvalue weighted by Crippen LogP contribution is -2.54. The Balaban J connectivity index is 1.82. The number of carbonyl (C=O) groups is 1. The van der Waals surface area contributed by atoms with Gasteiger partial charge in [0.2, 0.25) is 6.29 Å². The second-order valence-electron chi connectivity index (χ2n) is 6.82. The van der Waals surface area contributed by atoms with Crippen LogP contribution in [0.4, 0.5) is 0 Å². The molecule has 1 aliphatic rings.